The van der Waals surface area contributed by atoms with Gasteiger partial charge < -0.3 is 10.0 Å². The normalized spacial score (nSPS) is 25.6. The van der Waals surface area contributed by atoms with E-state index in [2.05, 4.69) is 34.5 Å². The molecule has 2 aromatic rings. The molecule has 1 unspecified atom stereocenters. The highest BCUT2D eigenvalue weighted by atomic mass is 35.5. The average Bonchev–Trinajstić information content (AvgIpc) is 3.37. The second kappa shape index (κ2) is 9.57. The molecule has 0 spiro atoms. The van der Waals surface area contributed by atoms with E-state index in [1.165, 1.54) is 29.3 Å². The van der Waals surface area contributed by atoms with Gasteiger partial charge in [-0.15, -0.1) is 23.7 Å². The van der Waals surface area contributed by atoms with Gasteiger partial charge in [-0.25, -0.2) is 0 Å². The van der Waals surface area contributed by atoms with Crippen molar-refractivity contribution in [3.05, 3.63) is 35.2 Å². The van der Waals surface area contributed by atoms with E-state index in [1.807, 2.05) is 11.9 Å². The molecule has 3 atom stereocenters. The highest BCUT2D eigenvalue weighted by Crippen LogP contribution is 2.31. The molecule has 0 bridgehead atoms. The summed E-state index contributed by atoms with van der Waals surface area (Å²) in [5.41, 5.74) is 1.14. The molecule has 4 nitrogen and oxygen atoms in total. The van der Waals surface area contributed by atoms with Crippen molar-refractivity contribution in [2.75, 3.05) is 26.7 Å². The highest BCUT2D eigenvalue weighted by molar-refractivity contribution is 7.17. The molecule has 28 heavy (non-hydrogen) atoms. The van der Waals surface area contributed by atoms with Crippen molar-refractivity contribution >= 4 is 39.7 Å². The maximum atomic E-state index is 13.1. The van der Waals surface area contributed by atoms with E-state index < -0.39 is 0 Å². The zero-order chi connectivity index (χ0) is 18.8. The monoisotopic (exact) mass is 422 g/mol. The first-order chi connectivity index (χ1) is 13.2. The van der Waals surface area contributed by atoms with Crippen molar-refractivity contribution in [1.29, 1.82) is 0 Å². The van der Waals surface area contributed by atoms with Gasteiger partial charge in [0.05, 0.1) is 6.42 Å². The number of rotatable bonds is 5. The van der Waals surface area contributed by atoms with Gasteiger partial charge in [0.25, 0.3) is 0 Å². The molecule has 6 heteroatoms. The van der Waals surface area contributed by atoms with Gasteiger partial charge in [0.15, 0.2) is 0 Å². The number of nitrogens with zero attached hydrogens (tertiary/aromatic N) is 2. The van der Waals surface area contributed by atoms with Crippen molar-refractivity contribution in [3.8, 4) is 0 Å². The predicted molar refractivity (Wildman–Crippen MR) is 118 cm³/mol. The molecular formula is C22H31ClN2O2S. The van der Waals surface area contributed by atoms with E-state index in [9.17, 15) is 9.90 Å². The Morgan fingerprint density at radius 1 is 1.25 bits per heavy atom. The van der Waals surface area contributed by atoms with Crippen molar-refractivity contribution in [3.63, 3.8) is 0 Å². The summed E-state index contributed by atoms with van der Waals surface area (Å²) in [5.74, 6) is 0.633. The summed E-state index contributed by atoms with van der Waals surface area (Å²) >= 11 is 1.73. The second-order valence-corrected chi connectivity index (χ2v) is 9.13. The van der Waals surface area contributed by atoms with Crippen LogP contribution >= 0.6 is 23.7 Å². The predicted octanol–water partition coefficient (Wildman–Crippen LogP) is 3.95. The maximum absolute atomic E-state index is 13.1. The number of thiophene rings is 1. The Labute approximate surface area is 177 Å². The third-order valence-electron chi connectivity index (χ3n) is 6.56. The molecule has 154 valence electrons. The molecule has 2 heterocycles. The van der Waals surface area contributed by atoms with Crippen LogP contribution in [0, 0.1) is 5.92 Å². The number of hydrogen-bond donors (Lipinski definition) is 1. The lowest BCUT2D eigenvalue weighted by molar-refractivity contribution is -0.133. The number of carbonyl (C=O) groups excluding carboxylic acids is 1. The summed E-state index contributed by atoms with van der Waals surface area (Å²) in [7, 11) is 2.00. The number of fused-ring (bicyclic) bond motifs is 1. The van der Waals surface area contributed by atoms with E-state index in [1.54, 1.807) is 11.3 Å². The smallest absolute Gasteiger partial charge is 0.227 e. The summed E-state index contributed by atoms with van der Waals surface area (Å²) in [5, 5.41) is 12.8. The van der Waals surface area contributed by atoms with E-state index in [4.69, 9.17) is 0 Å². The summed E-state index contributed by atoms with van der Waals surface area (Å²) in [6.07, 6.45) is 6.27. The van der Waals surface area contributed by atoms with Gasteiger partial charge in [-0.2, -0.15) is 0 Å². The number of aliphatic hydroxyl groups is 1. The molecule has 1 saturated carbocycles. The number of amides is 1. The fourth-order valence-corrected chi connectivity index (χ4v) is 5.80. The van der Waals surface area contributed by atoms with E-state index in [-0.39, 0.29) is 24.9 Å². The van der Waals surface area contributed by atoms with Crippen LogP contribution in [0.5, 0.6) is 0 Å². The molecule has 1 N–H and O–H groups in total. The number of benzene rings is 1. The third-order valence-corrected chi connectivity index (χ3v) is 7.44. The molecule has 4 rings (SSSR count). The lowest BCUT2D eigenvalue weighted by Gasteiger charge is -2.42. The third kappa shape index (κ3) is 4.38. The Kier molecular flexibility index (Phi) is 7.37. The van der Waals surface area contributed by atoms with Crippen molar-refractivity contribution < 1.29 is 9.90 Å². The summed E-state index contributed by atoms with van der Waals surface area (Å²) < 4.78 is 1.26. The summed E-state index contributed by atoms with van der Waals surface area (Å²) in [4.78, 5) is 17.7. The SMILES string of the molecule is CN(C(=O)Cc1cccc2sccc12)[C@@H]1CCCC[C@H]1N1CCC(CO)C1.Cl. The molecule has 0 radical (unpaired) electrons. The lowest BCUT2D eigenvalue weighted by atomic mass is 9.88. The van der Waals surface area contributed by atoms with Crippen LogP contribution in [0.25, 0.3) is 10.1 Å². The number of carbonyl (C=O) groups is 1. The van der Waals surface area contributed by atoms with Gasteiger partial charge in [-0.1, -0.05) is 25.0 Å². The lowest BCUT2D eigenvalue weighted by Crippen LogP contribution is -2.53. The quantitative estimate of drug-likeness (QED) is 0.793. The van der Waals surface area contributed by atoms with Crippen LogP contribution < -0.4 is 0 Å². The van der Waals surface area contributed by atoms with Crippen LogP contribution in [0.4, 0.5) is 0 Å². The molecule has 1 aliphatic carbocycles. The zero-order valence-corrected chi connectivity index (χ0v) is 18.2. The molecule has 1 saturated heterocycles. The molecule has 1 aromatic heterocycles. The molecule has 2 aliphatic rings. The van der Waals surface area contributed by atoms with Crippen molar-refractivity contribution in [2.45, 2.75) is 50.6 Å². The first kappa shape index (κ1) is 21.6. The molecule has 1 aliphatic heterocycles. The summed E-state index contributed by atoms with van der Waals surface area (Å²) in [6.45, 7) is 2.32. The van der Waals surface area contributed by atoms with Crippen LogP contribution in [0.2, 0.25) is 0 Å². The zero-order valence-electron chi connectivity index (χ0n) is 16.5. The van der Waals surface area contributed by atoms with Gasteiger partial charge in [-0.3, -0.25) is 9.69 Å². The molecule has 1 aromatic carbocycles. The van der Waals surface area contributed by atoms with Crippen LogP contribution in [-0.4, -0.2) is 59.6 Å². The average molecular weight is 423 g/mol. The van der Waals surface area contributed by atoms with Gasteiger partial charge in [-0.05, 0) is 60.2 Å². The fourth-order valence-electron chi connectivity index (χ4n) is 4.97. The van der Waals surface area contributed by atoms with Gasteiger partial charge >= 0.3 is 0 Å². The largest absolute Gasteiger partial charge is 0.396 e. The Morgan fingerprint density at radius 3 is 2.86 bits per heavy atom. The Hall–Kier alpha value is -1.14. The Balaban J connectivity index is 0.00000225. The maximum Gasteiger partial charge on any atom is 0.227 e. The minimum atomic E-state index is 0. The molecule has 2 fully saturated rings. The Morgan fingerprint density at radius 2 is 2.07 bits per heavy atom. The van der Waals surface area contributed by atoms with Crippen LogP contribution in [0.3, 0.4) is 0 Å². The number of halogens is 1. The number of hydrogen-bond acceptors (Lipinski definition) is 4. The fraction of sp³-hybridized carbons (Fsp3) is 0.591. The number of likely N-dealkylation sites (tertiary alicyclic amines) is 1. The van der Waals surface area contributed by atoms with Gasteiger partial charge in [0, 0.05) is 37.0 Å². The topological polar surface area (TPSA) is 43.8 Å². The van der Waals surface area contributed by atoms with E-state index >= 15 is 0 Å². The first-order valence-corrected chi connectivity index (χ1v) is 11.1. The number of likely N-dealkylation sites (N-methyl/N-ethyl adjacent to an activating group) is 1. The van der Waals surface area contributed by atoms with E-state index in [0.717, 1.165) is 31.5 Å². The van der Waals surface area contributed by atoms with Crippen LogP contribution in [0.15, 0.2) is 29.6 Å². The highest BCUT2D eigenvalue weighted by Gasteiger charge is 2.37. The minimum Gasteiger partial charge on any atom is -0.396 e. The summed E-state index contributed by atoms with van der Waals surface area (Å²) in [6, 6.07) is 9.15. The van der Waals surface area contributed by atoms with Crippen molar-refractivity contribution in [2.24, 2.45) is 5.92 Å². The standard InChI is InChI=1S/C22H30N2O2S.ClH/c1-23(22(26)13-17-5-4-8-21-18(17)10-12-27-21)19-6-2-3-7-20(19)24-11-9-16(14-24)15-25;/h4-5,8,10,12,16,19-20,25H,2-3,6-7,9,11,13-15H2,1H3;1H/t16?,19-,20-;/m1./s1. The van der Waals surface area contributed by atoms with Gasteiger partial charge in [0.2, 0.25) is 5.91 Å². The molecular weight excluding hydrogens is 392 g/mol. The minimum absolute atomic E-state index is 0. The van der Waals surface area contributed by atoms with Crippen molar-refractivity contribution in [1.82, 2.24) is 9.80 Å². The molecule has 1 amide bonds. The van der Waals surface area contributed by atoms with Crippen LogP contribution in [0.1, 0.15) is 37.7 Å². The van der Waals surface area contributed by atoms with Crippen LogP contribution in [-0.2, 0) is 11.2 Å². The second-order valence-electron chi connectivity index (χ2n) is 8.18. The Bertz CT molecular complexity index is 796. The number of aliphatic hydroxyl groups excluding tert-OH is 1. The van der Waals surface area contributed by atoms with Gasteiger partial charge in [0.1, 0.15) is 0 Å². The first-order valence-electron chi connectivity index (χ1n) is 10.2. The van der Waals surface area contributed by atoms with E-state index in [0.29, 0.717) is 24.4 Å².